The zero-order chi connectivity index (χ0) is 12.3. The van der Waals surface area contributed by atoms with Gasteiger partial charge in [0.15, 0.2) is 0 Å². The molecular weight excluding hydrogens is 204 g/mol. The van der Waals surface area contributed by atoms with Crippen LogP contribution in [-0.2, 0) is 0 Å². The van der Waals surface area contributed by atoms with E-state index in [9.17, 15) is 5.11 Å². The Morgan fingerprint density at radius 3 is 2.50 bits per heavy atom. The van der Waals surface area contributed by atoms with Crippen molar-refractivity contribution >= 4 is 11.4 Å². The average Bonchev–Trinajstić information content (AvgIpc) is 2.28. The van der Waals surface area contributed by atoms with E-state index in [4.69, 9.17) is 10.5 Å². The number of nitrogens with two attached hydrogens (primary N) is 1. The number of benzene rings is 1. The molecule has 90 valence electrons. The third kappa shape index (κ3) is 2.39. The van der Waals surface area contributed by atoms with Crippen molar-refractivity contribution in [3.63, 3.8) is 0 Å². The van der Waals surface area contributed by atoms with E-state index in [1.165, 1.54) is 0 Å². The molecule has 0 heterocycles. The smallest absolute Gasteiger partial charge is 0.121 e. The topological polar surface area (TPSA) is 58.7 Å². The number of rotatable bonds is 4. The second kappa shape index (κ2) is 4.61. The number of anilines is 2. The van der Waals surface area contributed by atoms with Crippen molar-refractivity contribution in [2.45, 2.75) is 19.4 Å². The van der Waals surface area contributed by atoms with Gasteiger partial charge in [0.05, 0.1) is 30.6 Å². The molecule has 4 nitrogen and oxygen atoms in total. The van der Waals surface area contributed by atoms with E-state index in [0.29, 0.717) is 5.69 Å². The van der Waals surface area contributed by atoms with Gasteiger partial charge < -0.3 is 20.5 Å². The molecule has 0 spiro atoms. The van der Waals surface area contributed by atoms with Gasteiger partial charge in [-0.3, -0.25) is 0 Å². The Morgan fingerprint density at radius 2 is 2.06 bits per heavy atom. The van der Waals surface area contributed by atoms with Gasteiger partial charge in [0.25, 0.3) is 0 Å². The van der Waals surface area contributed by atoms with Crippen LogP contribution in [0.5, 0.6) is 5.75 Å². The van der Waals surface area contributed by atoms with Crippen molar-refractivity contribution in [2.75, 3.05) is 31.4 Å². The van der Waals surface area contributed by atoms with E-state index in [0.717, 1.165) is 11.4 Å². The van der Waals surface area contributed by atoms with Crippen molar-refractivity contribution in [3.8, 4) is 5.75 Å². The monoisotopic (exact) mass is 224 g/mol. The molecule has 0 saturated carbocycles. The lowest BCUT2D eigenvalue weighted by Crippen LogP contribution is -2.44. The van der Waals surface area contributed by atoms with Crippen LogP contribution in [0, 0.1) is 0 Å². The molecule has 0 aliphatic rings. The molecule has 0 aliphatic heterocycles. The predicted molar refractivity (Wildman–Crippen MR) is 67.0 cm³/mol. The fourth-order valence-corrected chi connectivity index (χ4v) is 1.40. The highest BCUT2D eigenvalue weighted by Gasteiger charge is 2.24. The fourth-order valence-electron chi connectivity index (χ4n) is 1.40. The van der Waals surface area contributed by atoms with Crippen molar-refractivity contribution in [2.24, 2.45) is 0 Å². The van der Waals surface area contributed by atoms with Crippen LogP contribution in [-0.4, -0.2) is 31.4 Å². The lowest BCUT2D eigenvalue weighted by Gasteiger charge is -2.36. The molecule has 0 fully saturated rings. The van der Waals surface area contributed by atoms with Gasteiger partial charge >= 0.3 is 0 Å². The number of nitrogens with zero attached hydrogens (tertiary/aromatic N) is 1. The van der Waals surface area contributed by atoms with E-state index >= 15 is 0 Å². The molecule has 4 heteroatoms. The molecule has 0 aliphatic carbocycles. The maximum absolute atomic E-state index is 9.31. The lowest BCUT2D eigenvalue weighted by atomic mass is 10.0. The summed E-state index contributed by atoms with van der Waals surface area (Å²) < 4.78 is 5.09. The first-order valence-corrected chi connectivity index (χ1v) is 5.20. The van der Waals surface area contributed by atoms with Gasteiger partial charge in [0.1, 0.15) is 5.75 Å². The van der Waals surface area contributed by atoms with Gasteiger partial charge in [-0.1, -0.05) is 0 Å². The summed E-state index contributed by atoms with van der Waals surface area (Å²) in [6, 6.07) is 5.53. The Labute approximate surface area is 96.6 Å². The first kappa shape index (κ1) is 12.6. The minimum absolute atomic E-state index is 0.0645. The maximum atomic E-state index is 9.31. The zero-order valence-electron chi connectivity index (χ0n) is 10.3. The zero-order valence-corrected chi connectivity index (χ0v) is 10.3. The molecule has 0 amide bonds. The first-order chi connectivity index (χ1) is 7.42. The Kier molecular flexibility index (Phi) is 3.65. The Morgan fingerprint density at radius 1 is 1.44 bits per heavy atom. The standard InChI is InChI=1S/C12H20N2O2/c1-12(2,8-15)14(3)11-6-5-9(16-4)7-10(11)13/h5-7,15H,8,13H2,1-4H3. The lowest BCUT2D eigenvalue weighted by molar-refractivity contribution is 0.216. The summed E-state index contributed by atoms with van der Waals surface area (Å²) >= 11 is 0. The van der Waals surface area contributed by atoms with Crippen LogP contribution in [0.4, 0.5) is 11.4 Å². The second-order valence-electron chi connectivity index (χ2n) is 4.45. The maximum Gasteiger partial charge on any atom is 0.121 e. The molecule has 0 bridgehead atoms. The number of likely N-dealkylation sites (N-methyl/N-ethyl adjacent to an activating group) is 1. The summed E-state index contributed by atoms with van der Waals surface area (Å²) in [7, 11) is 3.52. The van der Waals surface area contributed by atoms with Gasteiger partial charge in [-0.2, -0.15) is 0 Å². The quantitative estimate of drug-likeness (QED) is 0.761. The molecule has 0 aromatic heterocycles. The van der Waals surface area contributed by atoms with Crippen LogP contribution >= 0.6 is 0 Å². The van der Waals surface area contributed by atoms with E-state index in [2.05, 4.69) is 0 Å². The Bertz CT molecular complexity index is 364. The van der Waals surface area contributed by atoms with Crippen LogP contribution < -0.4 is 15.4 Å². The van der Waals surface area contributed by atoms with E-state index in [1.807, 2.05) is 37.9 Å². The van der Waals surface area contributed by atoms with E-state index < -0.39 is 0 Å². The van der Waals surface area contributed by atoms with Gasteiger partial charge in [0, 0.05) is 13.1 Å². The van der Waals surface area contributed by atoms with Crippen molar-refractivity contribution in [1.29, 1.82) is 0 Å². The molecule has 1 aromatic carbocycles. The molecule has 0 radical (unpaired) electrons. The van der Waals surface area contributed by atoms with Crippen LogP contribution in [0.3, 0.4) is 0 Å². The summed E-state index contributed by atoms with van der Waals surface area (Å²) in [4.78, 5) is 1.96. The minimum Gasteiger partial charge on any atom is -0.497 e. The largest absolute Gasteiger partial charge is 0.497 e. The van der Waals surface area contributed by atoms with Gasteiger partial charge in [-0.05, 0) is 26.0 Å². The second-order valence-corrected chi connectivity index (χ2v) is 4.45. The average molecular weight is 224 g/mol. The highest BCUT2D eigenvalue weighted by molar-refractivity contribution is 5.70. The van der Waals surface area contributed by atoms with Gasteiger partial charge in [0.2, 0.25) is 0 Å². The highest BCUT2D eigenvalue weighted by Crippen LogP contribution is 2.30. The third-order valence-corrected chi connectivity index (χ3v) is 2.89. The van der Waals surface area contributed by atoms with Crippen molar-refractivity contribution in [1.82, 2.24) is 0 Å². The number of nitrogen functional groups attached to an aromatic ring is 1. The van der Waals surface area contributed by atoms with Crippen LogP contribution in [0.2, 0.25) is 0 Å². The van der Waals surface area contributed by atoms with E-state index in [1.54, 1.807) is 13.2 Å². The first-order valence-electron chi connectivity index (χ1n) is 5.20. The van der Waals surface area contributed by atoms with E-state index in [-0.39, 0.29) is 12.1 Å². The number of hydrogen-bond donors (Lipinski definition) is 2. The molecule has 0 atom stereocenters. The fraction of sp³-hybridized carbons (Fsp3) is 0.500. The van der Waals surface area contributed by atoms with Crippen molar-refractivity contribution < 1.29 is 9.84 Å². The summed E-state index contributed by atoms with van der Waals surface area (Å²) in [6.07, 6.45) is 0. The molecule has 16 heavy (non-hydrogen) atoms. The molecule has 0 unspecified atom stereocenters. The normalized spacial score (nSPS) is 11.3. The summed E-state index contributed by atoms with van der Waals surface area (Å²) in [5, 5.41) is 9.31. The SMILES string of the molecule is COc1ccc(N(C)C(C)(C)CO)c(N)c1. The Hall–Kier alpha value is -1.42. The number of hydrogen-bond acceptors (Lipinski definition) is 4. The molecule has 3 N–H and O–H groups in total. The number of ether oxygens (including phenoxy) is 1. The van der Waals surface area contributed by atoms with Gasteiger partial charge in [-0.25, -0.2) is 0 Å². The minimum atomic E-state index is -0.345. The molecular formula is C12H20N2O2. The molecule has 1 rings (SSSR count). The molecule has 1 aromatic rings. The summed E-state index contributed by atoms with van der Waals surface area (Å²) in [6.45, 7) is 3.97. The number of aliphatic hydroxyl groups excluding tert-OH is 1. The number of methoxy groups -OCH3 is 1. The summed E-state index contributed by atoms with van der Waals surface area (Å²) in [5.74, 6) is 0.733. The van der Waals surface area contributed by atoms with Crippen LogP contribution in [0.15, 0.2) is 18.2 Å². The van der Waals surface area contributed by atoms with Crippen LogP contribution in [0.25, 0.3) is 0 Å². The molecule has 0 saturated heterocycles. The van der Waals surface area contributed by atoms with Crippen molar-refractivity contribution in [3.05, 3.63) is 18.2 Å². The van der Waals surface area contributed by atoms with Gasteiger partial charge in [-0.15, -0.1) is 0 Å². The number of aliphatic hydroxyl groups is 1. The van der Waals surface area contributed by atoms with Crippen LogP contribution in [0.1, 0.15) is 13.8 Å². The Balaban J connectivity index is 3.05. The predicted octanol–water partition coefficient (Wildman–Crippen LogP) is 1.48. The highest BCUT2D eigenvalue weighted by atomic mass is 16.5. The third-order valence-electron chi connectivity index (χ3n) is 2.89. The summed E-state index contributed by atoms with van der Waals surface area (Å²) in [5.41, 5.74) is 7.13.